The molecule has 0 fully saturated rings. The predicted molar refractivity (Wildman–Crippen MR) is 83.6 cm³/mol. The van der Waals surface area contributed by atoms with E-state index in [1.54, 1.807) is 0 Å². The Hall–Kier alpha value is 0.0100. The van der Waals surface area contributed by atoms with E-state index in [2.05, 4.69) is 51.4 Å². The molecule has 18 heavy (non-hydrogen) atoms. The molecule has 1 aromatic rings. The molecule has 1 N–H and O–H groups in total. The van der Waals surface area contributed by atoms with Gasteiger partial charge in [0.05, 0.1) is 4.21 Å². The molecule has 1 nitrogen and oxygen atoms in total. The maximum Gasteiger partial charge on any atom is 0.0649 e. The lowest BCUT2D eigenvalue weighted by Crippen LogP contribution is -2.37. The van der Waals surface area contributed by atoms with E-state index in [0.717, 1.165) is 11.8 Å². The lowest BCUT2D eigenvalue weighted by molar-refractivity contribution is 0.225. The van der Waals surface area contributed by atoms with E-state index in [1.165, 1.54) is 16.2 Å². The molecular weight excluding hydrogens is 258 g/mol. The summed E-state index contributed by atoms with van der Waals surface area (Å²) in [4.78, 5) is 0. The zero-order valence-electron chi connectivity index (χ0n) is 12.1. The van der Waals surface area contributed by atoms with E-state index in [-0.39, 0.29) is 0 Å². The summed E-state index contributed by atoms with van der Waals surface area (Å²) in [6.07, 6.45) is 1.25. The summed E-state index contributed by atoms with van der Waals surface area (Å²) in [5.41, 5.74) is 1.90. The van der Waals surface area contributed by atoms with E-state index < -0.39 is 0 Å². The largest absolute Gasteiger partial charge is 0.309 e. The molecule has 3 heteroatoms. The van der Waals surface area contributed by atoms with E-state index >= 15 is 0 Å². The third-order valence-electron chi connectivity index (χ3n) is 4.28. The van der Waals surface area contributed by atoms with Gasteiger partial charge in [0.15, 0.2) is 0 Å². The fraction of sp³-hybridized carbons (Fsp3) is 0.733. The Kier molecular flexibility index (Phi) is 4.45. The molecule has 0 amide bonds. The van der Waals surface area contributed by atoms with E-state index in [4.69, 9.17) is 0 Å². The van der Waals surface area contributed by atoms with Crippen molar-refractivity contribution in [2.75, 3.05) is 6.54 Å². The zero-order valence-corrected chi connectivity index (χ0v) is 13.8. The minimum absolute atomic E-state index is 0.365. The Morgan fingerprint density at radius 1 is 1.44 bits per heavy atom. The van der Waals surface area contributed by atoms with Crippen molar-refractivity contribution >= 4 is 23.1 Å². The molecule has 2 rings (SSSR count). The van der Waals surface area contributed by atoms with Gasteiger partial charge in [0, 0.05) is 17.8 Å². The van der Waals surface area contributed by atoms with Gasteiger partial charge in [-0.3, -0.25) is 0 Å². The Labute approximate surface area is 120 Å². The lowest BCUT2D eigenvalue weighted by Gasteiger charge is -2.34. The van der Waals surface area contributed by atoms with Crippen LogP contribution in [0.3, 0.4) is 0 Å². The van der Waals surface area contributed by atoms with Crippen LogP contribution >= 0.6 is 23.1 Å². The fourth-order valence-corrected chi connectivity index (χ4v) is 4.70. The van der Waals surface area contributed by atoms with E-state index in [9.17, 15) is 0 Å². The molecule has 1 aliphatic rings. The highest BCUT2D eigenvalue weighted by Crippen LogP contribution is 2.44. The van der Waals surface area contributed by atoms with Gasteiger partial charge in [0.1, 0.15) is 0 Å². The molecule has 0 aromatic carbocycles. The Morgan fingerprint density at radius 3 is 2.83 bits per heavy atom. The summed E-state index contributed by atoms with van der Waals surface area (Å²) in [5.74, 6) is 0.710. The van der Waals surface area contributed by atoms with Crippen LogP contribution in [-0.2, 0) is 0 Å². The Morgan fingerprint density at radius 2 is 2.17 bits per heavy atom. The molecule has 2 heterocycles. The number of fused-ring (bicyclic) bond motifs is 1. The van der Waals surface area contributed by atoms with Gasteiger partial charge in [-0.15, -0.1) is 23.1 Å². The van der Waals surface area contributed by atoms with Crippen molar-refractivity contribution in [2.45, 2.75) is 56.5 Å². The molecule has 0 radical (unpaired) electrons. The number of rotatable bonds is 4. The van der Waals surface area contributed by atoms with Crippen LogP contribution in [0, 0.1) is 11.3 Å². The monoisotopic (exact) mass is 283 g/mol. The van der Waals surface area contributed by atoms with Crippen LogP contribution in [0.5, 0.6) is 0 Å². The topological polar surface area (TPSA) is 12.0 Å². The van der Waals surface area contributed by atoms with Crippen molar-refractivity contribution in [1.29, 1.82) is 0 Å². The first-order valence-electron chi connectivity index (χ1n) is 6.87. The van der Waals surface area contributed by atoms with Gasteiger partial charge >= 0.3 is 0 Å². The molecule has 2 atom stereocenters. The van der Waals surface area contributed by atoms with Crippen LogP contribution in [0.15, 0.2) is 15.7 Å². The summed E-state index contributed by atoms with van der Waals surface area (Å²) >= 11 is 3.94. The molecule has 0 saturated carbocycles. The van der Waals surface area contributed by atoms with Crippen molar-refractivity contribution in [2.24, 2.45) is 11.3 Å². The lowest BCUT2D eigenvalue weighted by atomic mass is 9.81. The highest BCUT2D eigenvalue weighted by molar-refractivity contribution is 8.01. The summed E-state index contributed by atoms with van der Waals surface area (Å²) in [6, 6.07) is 2.86. The second-order valence-electron chi connectivity index (χ2n) is 6.40. The predicted octanol–water partition coefficient (Wildman–Crippen LogP) is 4.95. The van der Waals surface area contributed by atoms with Crippen LogP contribution in [0.25, 0.3) is 0 Å². The summed E-state index contributed by atoms with van der Waals surface area (Å²) in [5, 5.41) is 6.78. The van der Waals surface area contributed by atoms with Gasteiger partial charge in [-0.05, 0) is 34.8 Å². The van der Waals surface area contributed by atoms with E-state index in [1.807, 2.05) is 23.1 Å². The van der Waals surface area contributed by atoms with Crippen molar-refractivity contribution in [1.82, 2.24) is 5.32 Å². The van der Waals surface area contributed by atoms with Crippen LogP contribution in [0.4, 0.5) is 0 Å². The average molecular weight is 284 g/mol. The minimum atomic E-state index is 0.365. The van der Waals surface area contributed by atoms with Crippen LogP contribution in [0.1, 0.15) is 52.6 Å². The van der Waals surface area contributed by atoms with Gasteiger partial charge in [-0.25, -0.2) is 0 Å². The van der Waals surface area contributed by atoms with Gasteiger partial charge < -0.3 is 5.32 Å². The highest BCUT2D eigenvalue weighted by atomic mass is 32.2. The third kappa shape index (κ3) is 3.12. The molecule has 0 spiro atoms. The zero-order chi connectivity index (χ0) is 13.3. The van der Waals surface area contributed by atoms with Crippen molar-refractivity contribution in [3.8, 4) is 0 Å². The van der Waals surface area contributed by atoms with Gasteiger partial charge in [-0.1, -0.05) is 34.6 Å². The van der Waals surface area contributed by atoms with Crippen LogP contribution < -0.4 is 5.32 Å². The first-order valence-corrected chi connectivity index (χ1v) is 8.63. The van der Waals surface area contributed by atoms with Crippen molar-refractivity contribution in [3.63, 3.8) is 0 Å². The summed E-state index contributed by atoms with van der Waals surface area (Å²) < 4.78 is 1.52. The average Bonchev–Trinajstić information content (AvgIpc) is 2.73. The van der Waals surface area contributed by atoms with Gasteiger partial charge in [0.25, 0.3) is 0 Å². The van der Waals surface area contributed by atoms with Gasteiger partial charge in [-0.2, -0.15) is 0 Å². The number of nitrogens with one attached hydrogen (secondary N) is 1. The quantitative estimate of drug-likeness (QED) is 0.839. The standard InChI is InChI=1S/C15H25NS2/c1-10(2)15(4,5)9-16-13-8-11(3)18-14-12(13)6-7-17-14/h6-7,10-11,13,16H,8-9H2,1-5H3/t11-,13?/m0/s1. The molecule has 102 valence electrons. The summed E-state index contributed by atoms with van der Waals surface area (Å²) in [7, 11) is 0. The Bertz CT molecular complexity index is 395. The Balaban J connectivity index is 2.03. The maximum absolute atomic E-state index is 3.81. The summed E-state index contributed by atoms with van der Waals surface area (Å²) in [6.45, 7) is 12.8. The fourth-order valence-electron chi connectivity index (χ4n) is 2.13. The highest BCUT2D eigenvalue weighted by Gasteiger charge is 2.29. The normalized spacial score (nSPS) is 24.3. The van der Waals surface area contributed by atoms with Crippen molar-refractivity contribution in [3.05, 3.63) is 17.0 Å². The minimum Gasteiger partial charge on any atom is -0.309 e. The molecule has 1 aromatic heterocycles. The smallest absolute Gasteiger partial charge is 0.0649 e. The molecular formula is C15H25NS2. The number of hydrogen-bond acceptors (Lipinski definition) is 3. The van der Waals surface area contributed by atoms with Gasteiger partial charge in [0.2, 0.25) is 0 Å². The number of hydrogen-bond donors (Lipinski definition) is 1. The second kappa shape index (κ2) is 5.56. The molecule has 0 aliphatic carbocycles. The molecule has 1 unspecified atom stereocenters. The third-order valence-corrected chi connectivity index (χ3v) is 6.62. The maximum atomic E-state index is 3.81. The van der Waals surface area contributed by atoms with E-state index in [0.29, 0.717) is 17.4 Å². The molecule has 0 saturated heterocycles. The molecule has 1 aliphatic heterocycles. The number of thiophene rings is 1. The second-order valence-corrected chi connectivity index (χ2v) is 9.03. The van der Waals surface area contributed by atoms with Crippen LogP contribution in [0.2, 0.25) is 0 Å². The van der Waals surface area contributed by atoms with Crippen LogP contribution in [-0.4, -0.2) is 11.8 Å². The van der Waals surface area contributed by atoms with Crippen molar-refractivity contribution < 1.29 is 0 Å². The molecule has 0 bridgehead atoms. The first-order chi connectivity index (χ1) is 8.40. The number of thioether (sulfide) groups is 1. The SMILES string of the molecule is CC(C)C(C)(C)CNC1C[C@H](C)Sc2sccc21. The first kappa shape index (κ1) is 14.4.